The third-order valence-electron chi connectivity index (χ3n) is 5.35. The Labute approximate surface area is 198 Å². The molecule has 7 nitrogen and oxygen atoms in total. The van der Waals surface area contributed by atoms with Crippen molar-refractivity contribution in [2.75, 3.05) is 25.6 Å². The summed E-state index contributed by atoms with van der Waals surface area (Å²) >= 11 is 0. The van der Waals surface area contributed by atoms with Gasteiger partial charge in [-0.05, 0) is 49.2 Å². The Hall–Kier alpha value is -4.26. The normalized spacial score (nSPS) is 11.3. The molecule has 0 bridgehead atoms. The number of anilines is 1. The average Bonchev–Trinajstić information content (AvgIpc) is 3.28. The highest BCUT2D eigenvalue weighted by Gasteiger charge is 2.15. The molecular weight excluding hydrogens is 428 g/mol. The molecule has 0 spiro atoms. The van der Waals surface area contributed by atoms with Gasteiger partial charge >= 0.3 is 0 Å². The highest BCUT2D eigenvalue weighted by molar-refractivity contribution is 6.11. The number of aromatic amines is 1. The van der Waals surface area contributed by atoms with Crippen LogP contribution >= 0.6 is 0 Å². The topological polar surface area (TPSA) is 87.7 Å². The summed E-state index contributed by atoms with van der Waals surface area (Å²) in [5.74, 6) is 1.20. The van der Waals surface area contributed by atoms with Crippen LogP contribution in [0.3, 0.4) is 0 Å². The Morgan fingerprint density at radius 2 is 1.71 bits per heavy atom. The molecule has 4 rings (SSSR count). The molecule has 0 aliphatic heterocycles. The van der Waals surface area contributed by atoms with Crippen molar-refractivity contribution in [2.24, 2.45) is 4.99 Å². The standard InChI is InChI=1S/C27H28N4O3/c1-3-34-24-14-8-5-11-21(24)26(32)31-27(30-23-13-7-9-15-25(23)33-2)28-17-16-19-18-29-22-12-6-4-10-20(19)22/h4-15,18,29H,3,16-17H2,1-2H3,(H2,28,30,31,32). The molecule has 7 heteroatoms. The summed E-state index contributed by atoms with van der Waals surface area (Å²) in [5, 5.41) is 7.29. The number of ether oxygens (including phenoxy) is 2. The number of nitrogens with zero attached hydrogens (tertiary/aromatic N) is 1. The van der Waals surface area contributed by atoms with E-state index in [0.717, 1.165) is 5.52 Å². The number of aliphatic imine (C=N–C) groups is 1. The van der Waals surface area contributed by atoms with Gasteiger partial charge in [-0.2, -0.15) is 0 Å². The van der Waals surface area contributed by atoms with E-state index in [9.17, 15) is 4.79 Å². The van der Waals surface area contributed by atoms with Gasteiger partial charge in [0.1, 0.15) is 11.5 Å². The number of guanidine groups is 1. The molecule has 0 aliphatic rings. The maximum atomic E-state index is 13.1. The van der Waals surface area contributed by atoms with Crippen LogP contribution < -0.4 is 20.1 Å². The molecule has 0 aliphatic carbocycles. The molecule has 0 radical (unpaired) electrons. The van der Waals surface area contributed by atoms with E-state index >= 15 is 0 Å². The molecule has 1 aromatic heterocycles. The first-order valence-corrected chi connectivity index (χ1v) is 11.2. The van der Waals surface area contributed by atoms with Gasteiger partial charge < -0.3 is 19.8 Å². The van der Waals surface area contributed by atoms with E-state index in [1.807, 2.05) is 61.7 Å². The number of carbonyl (C=O) groups excluding carboxylic acids is 1. The zero-order valence-corrected chi connectivity index (χ0v) is 19.3. The van der Waals surface area contributed by atoms with Gasteiger partial charge in [-0.25, -0.2) is 0 Å². The van der Waals surface area contributed by atoms with Crippen LogP contribution in [0.25, 0.3) is 10.9 Å². The van der Waals surface area contributed by atoms with Crippen LogP contribution in [0.4, 0.5) is 5.69 Å². The molecule has 174 valence electrons. The van der Waals surface area contributed by atoms with Crippen LogP contribution in [0.2, 0.25) is 0 Å². The number of fused-ring (bicyclic) bond motifs is 1. The number of benzene rings is 3. The highest BCUT2D eigenvalue weighted by Crippen LogP contribution is 2.23. The minimum absolute atomic E-state index is 0.308. The number of methoxy groups -OCH3 is 1. The van der Waals surface area contributed by atoms with Crippen LogP contribution in [-0.4, -0.2) is 37.1 Å². The van der Waals surface area contributed by atoms with E-state index in [1.54, 1.807) is 25.3 Å². The van der Waals surface area contributed by atoms with Gasteiger partial charge in [0.05, 0.1) is 25.0 Å². The zero-order chi connectivity index (χ0) is 23.8. The summed E-state index contributed by atoms with van der Waals surface area (Å²) in [4.78, 5) is 21.1. The van der Waals surface area contributed by atoms with E-state index < -0.39 is 0 Å². The van der Waals surface area contributed by atoms with Gasteiger partial charge in [0.25, 0.3) is 5.91 Å². The number of hydrogen-bond acceptors (Lipinski definition) is 4. The van der Waals surface area contributed by atoms with E-state index in [1.165, 1.54) is 10.9 Å². The molecule has 34 heavy (non-hydrogen) atoms. The molecule has 3 aromatic carbocycles. The lowest BCUT2D eigenvalue weighted by Crippen LogP contribution is -2.36. The second-order valence-corrected chi connectivity index (χ2v) is 7.55. The molecule has 0 saturated heterocycles. The lowest BCUT2D eigenvalue weighted by atomic mass is 10.1. The van der Waals surface area contributed by atoms with E-state index in [4.69, 9.17) is 9.47 Å². The summed E-state index contributed by atoms with van der Waals surface area (Å²) < 4.78 is 11.1. The number of H-pyrrole nitrogens is 1. The first kappa shape index (κ1) is 22.9. The second kappa shape index (κ2) is 11.0. The third-order valence-corrected chi connectivity index (χ3v) is 5.35. The van der Waals surface area contributed by atoms with Crippen molar-refractivity contribution in [3.63, 3.8) is 0 Å². The Bertz CT molecular complexity index is 1300. The maximum absolute atomic E-state index is 13.1. The van der Waals surface area contributed by atoms with E-state index in [-0.39, 0.29) is 5.91 Å². The van der Waals surface area contributed by atoms with Gasteiger partial charge in [-0.15, -0.1) is 0 Å². The molecule has 0 saturated carbocycles. The van der Waals surface area contributed by atoms with Gasteiger partial charge in [-0.1, -0.05) is 42.5 Å². The lowest BCUT2D eigenvalue weighted by Gasteiger charge is -2.15. The zero-order valence-electron chi connectivity index (χ0n) is 19.3. The molecule has 4 aromatic rings. The second-order valence-electron chi connectivity index (χ2n) is 7.55. The van der Waals surface area contributed by atoms with E-state index in [2.05, 4.69) is 26.7 Å². The minimum atomic E-state index is -0.308. The largest absolute Gasteiger partial charge is 0.495 e. The molecular formula is C27H28N4O3. The van der Waals surface area contributed by atoms with Gasteiger partial charge in [-0.3, -0.25) is 15.1 Å². The summed E-state index contributed by atoms with van der Waals surface area (Å²) in [5.41, 5.74) is 3.41. The molecule has 1 amide bonds. The number of para-hydroxylation sites is 4. The first-order valence-electron chi connectivity index (χ1n) is 11.2. The van der Waals surface area contributed by atoms with Crippen molar-refractivity contribution >= 4 is 28.5 Å². The predicted octanol–water partition coefficient (Wildman–Crippen LogP) is 5.02. The number of aromatic nitrogens is 1. The summed E-state index contributed by atoms with van der Waals surface area (Å²) in [6, 6.07) is 22.8. The average molecular weight is 457 g/mol. The van der Waals surface area contributed by atoms with Crippen LogP contribution in [0.5, 0.6) is 11.5 Å². The van der Waals surface area contributed by atoms with Crippen molar-refractivity contribution in [1.29, 1.82) is 0 Å². The number of carbonyl (C=O) groups is 1. The number of amides is 1. The highest BCUT2D eigenvalue weighted by atomic mass is 16.5. The maximum Gasteiger partial charge on any atom is 0.261 e. The van der Waals surface area contributed by atoms with Crippen molar-refractivity contribution in [2.45, 2.75) is 13.3 Å². The summed E-state index contributed by atoms with van der Waals surface area (Å²) in [6.45, 7) is 2.83. The monoisotopic (exact) mass is 456 g/mol. The quantitative estimate of drug-likeness (QED) is 0.257. The summed E-state index contributed by atoms with van der Waals surface area (Å²) in [7, 11) is 1.60. The molecule has 3 N–H and O–H groups in total. The predicted molar refractivity (Wildman–Crippen MR) is 136 cm³/mol. The van der Waals surface area contributed by atoms with Crippen molar-refractivity contribution in [1.82, 2.24) is 10.3 Å². The molecule has 1 heterocycles. The fourth-order valence-electron chi connectivity index (χ4n) is 3.72. The number of rotatable bonds is 8. The molecule has 0 atom stereocenters. The Kier molecular flexibility index (Phi) is 7.45. The number of hydrogen-bond donors (Lipinski definition) is 3. The summed E-state index contributed by atoms with van der Waals surface area (Å²) in [6.07, 6.45) is 2.72. The first-order chi connectivity index (χ1) is 16.7. The van der Waals surface area contributed by atoms with E-state index in [0.29, 0.717) is 48.3 Å². The van der Waals surface area contributed by atoms with Crippen LogP contribution in [0.1, 0.15) is 22.8 Å². The number of nitrogens with one attached hydrogen (secondary N) is 3. The van der Waals surface area contributed by atoms with Gasteiger partial charge in [0.15, 0.2) is 0 Å². The Balaban J connectivity index is 1.56. The smallest absolute Gasteiger partial charge is 0.261 e. The Morgan fingerprint density at radius 3 is 2.53 bits per heavy atom. The van der Waals surface area contributed by atoms with Crippen LogP contribution in [0, 0.1) is 0 Å². The lowest BCUT2D eigenvalue weighted by molar-refractivity contribution is 0.0973. The van der Waals surface area contributed by atoms with Gasteiger partial charge in [0.2, 0.25) is 5.96 Å². The van der Waals surface area contributed by atoms with Crippen molar-refractivity contribution in [3.05, 3.63) is 90.1 Å². The fraction of sp³-hybridized carbons (Fsp3) is 0.185. The molecule has 0 fully saturated rings. The SMILES string of the molecule is CCOc1ccccc1C(=O)NC(=NCCc1c[nH]c2ccccc12)Nc1ccccc1OC. The minimum Gasteiger partial charge on any atom is -0.495 e. The van der Waals surface area contributed by atoms with Crippen molar-refractivity contribution in [3.8, 4) is 11.5 Å². The fourth-order valence-corrected chi connectivity index (χ4v) is 3.72. The molecule has 0 unspecified atom stereocenters. The van der Waals surface area contributed by atoms with Crippen LogP contribution in [0.15, 0.2) is 84.0 Å². The van der Waals surface area contributed by atoms with Gasteiger partial charge in [0, 0.05) is 23.6 Å². The van der Waals surface area contributed by atoms with Crippen LogP contribution in [-0.2, 0) is 6.42 Å². The third kappa shape index (κ3) is 5.38. The van der Waals surface area contributed by atoms with Crippen molar-refractivity contribution < 1.29 is 14.3 Å². The Morgan fingerprint density at radius 1 is 0.971 bits per heavy atom.